The largest absolute Gasteiger partial charge is 0.476 e. The van der Waals surface area contributed by atoms with Gasteiger partial charge in [-0.2, -0.15) is 4.98 Å². The Balaban J connectivity index is 2.50. The fourth-order valence-electron chi connectivity index (χ4n) is 1.50. The summed E-state index contributed by atoms with van der Waals surface area (Å²) >= 11 is 0. The van der Waals surface area contributed by atoms with Gasteiger partial charge in [-0.3, -0.25) is 0 Å². The third-order valence-corrected chi connectivity index (χ3v) is 2.69. The molecule has 1 N–H and O–H groups in total. The van der Waals surface area contributed by atoms with Gasteiger partial charge in [-0.1, -0.05) is 13.8 Å². The van der Waals surface area contributed by atoms with Crippen molar-refractivity contribution in [3.05, 3.63) is 11.8 Å². The minimum Gasteiger partial charge on any atom is -0.476 e. The monoisotopic (exact) mass is 238 g/mol. The summed E-state index contributed by atoms with van der Waals surface area (Å²) in [5, 5.41) is 2.90. The lowest BCUT2D eigenvalue weighted by molar-refractivity contribution is 0.217. The zero-order valence-electron chi connectivity index (χ0n) is 11.2. The topological polar surface area (TPSA) is 50.3 Å². The fraction of sp³-hybridized carbons (Fsp3) is 0.667. The Kier molecular flexibility index (Phi) is 5.69. The zero-order valence-corrected chi connectivity index (χ0v) is 11.2. The van der Waals surface area contributed by atoms with E-state index in [0.717, 1.165) is 25.2 Å². The predicted molar refractivity (Wildman–Crippen MR) is 69.6 cm³/mol. The summed E-state index contributed by atoms with van der Waals surface area (Å²) in [6, 6.07) is 0. The molecular formula is C12H22N4O. The van der Waals surface area contributed by atoms with Crippen molar-refractivity contribution in [2.45, 2.75) is 20.8 Å². The van der Waals surface area contributed by atoms with Crippen LogP contribution >= 0.6 is 0 Å². The van der Waals surface area contributed by atoms with Gasteiger partial charge in [0.2, 0.25) is 11.8 Å². The van der Waals surface area contributed by atoms with Crippen LogP contribution in [0.15, 0.2) is 6.20 Å². The first-order valence-electron chi connectivity index (χ1n) is 6.07. The summed E-state index contributed by atoms with van der Waals surface area (Å²) in [6.07, 6.45) is 1.77. The molecule has 1 aromatic heterocycles. The fourth-order valence-corrected chi connectivity index (χ4v) is 1.50. The molecule has 0 bridgehead atoms. The van der Waals surface area contributed by atoms with Crippen LogP contribution < -0.4 is 10.1 Å². The molecule has 0 aliphatic rings. The van der Waals surface area contributed by atoms with Crippen LogP contribution in [0.3, 0.4) is 0 Å². The molecule has 0 amide bonds. The van der Waals surface area contributed by atoms with Crippen molar-refractivity contribution >= 4 is 5.95 Å². The molecule has 0 radical (unpaired) electrons. The van der Waals surface area contributed by atoms with Crippen LogP contribution in [0.1, 0.15) is 19.4 Å². The highest BCUT2D eigenvalue weighted by molar-refractivity contribution is 5.31. The first kappa shape index (κ1) is 13.7. The maximum Gasteiger partial charge on any atom is 0.225 e. The summed E-state index contributed by atoms with van der Waals surface area (Å²) < 4.78 is 5.68. The molecule has 1 heterocycles. The van der Waals surface area contributed by atoms with Crippen LogP contribution in [0.2, 0.25) is 0 Å². The van der Waals surface area contributed by atoms with Gasteiger partial charge in [-0.25, -0.2) is 4.98 Å². The lowest BCUT2D eigenvalue weighted by Gasteiger charge is -2.18. The normalized spacial score (nSPS) is 10.6. The third kappa shape index (κ3) is 4.19. The molecule has 0 aliphatic carbocycles. The Morgan fingerprint density at radius 2 is 2.06 bits per heavy atom. The van der Waals surface area contributed by atoms with Crippen LogP contribution in [0, 0.1) is 6.92 Å². The number of hydrogen-bond acceptors (Lipinski definition) is 5. The highest BCUT2D eigenvalue weighted by Gasteiger charge is 2.05. The Morgan fingerprint density at radius 1 is 1.35 bits per heavy atom. The summed E-state index contributed by atoms with van der Waals surface area (Å²) in [7, 11) is 1.80. The molecule has 5 nitrogen and oxygen atoms in total. The molecule has 1 rings (SSSR count). The van der Waals surface area contributed by atoms with Crippen molar-refractivity contribution in [3.8, 4) is 5.88 Å². The lowest BCUT2D eigenvalue weighted by atomic mass is 10.4. The second-order valence-corrected chi connectivity index (χ2v) is 3.81. The van der Waals surface area contributed by atoms with E-state index in [0.29, 0.717) is 18.4 Å². The maximum absolute atomic E-state index is 5.68. The minimum absolute atomic E-state index is 0.591. The van der Waals surface area contributed by atoms with Crippen LogP contribution in [0.5, 0.6) is 5.88 Å². The molecule has 17 heavy (non-hydrogen) atoms. The van der Waals surface area contributed by atoms with E-state index in [2.05, 4.69) is 34.0 Å². The van der Waals surface area contributed by atoms with E-state index in [-0.39, 0.29) is 0 Å². The van der Waals surface area contributed by atoms with Gasteiger partial charge < -0.3 is 15.0 Å². The Morgan fingerprint density at radius 3 is 2.65 bits per heavy atom. The van der Waals surface area contributed by atoms with Gasteiger partial charge in [0, 0.05) is 25.4 Å². The molecule has 0 unspecified atom stereocenters. The van der Waals surface area contributed by atoms with Gasteiger partial charge in [0.1, 0.15) is 6.61 Å². The van der Waals surface area contributed by atoms with Crippen LogP contribution in [-0.4, -0.2) is 48.2 Å². The van der Waals surface area contributed by atoms with Gasteiger partial charge in [0.25, 0.3) is 0 Å². The molecule has 0 saturated heterocycles. The maximum atomic E-state index is 5.68. The van der Waals surface area contributed by atoms with Crippen molar-refractivity contribution in [1.82, 2.24) is 14.9 Å². The molecule has 1 aromatic rings. The number of likely N-dealkylation sites (N-methyl/N-ethyl adjacent to an activating group) is 1. The average Bonchev–Trinajstić information content (AvgIpc) is 2.36. The Bertz CT molecular complexity index is 339. The minimum atomic E-state index is 0.591. The lowest BCUT2D eigenvalue weighted by Crippen LogP contribution is -2.28. The van der Waals surface area contributed by atoms with E-state index in [1.54, 1.807) is 13.2 Å². The molecule has 0 saturated carbocycles. The molecule has 0 aliphatic heterocycles. The average molecular weight is 238 g/mol. The van der Waals surface area contributed by atoms with Gasteiger partial charge in [-0.15, -0.1) is 0 Å². The van der Waals surface area contributed by atoms with Gasteiger partial charge >= 0.3 is 0 Å². The number of aryl methyl sites for hydroxylation is 1. The van der Waals surface area contributed by atoms with Crippen molar-refractivity contribution < 1.29 is 4.74 Å². The molecular weight excluding hydrogens is 216 g/mol. The van der Waals surface area contributed by atoms with E-state index in [1.165, 1.54) is 0 Å². The van der Waals surface area contributed by atoms with Crippen LogP contribution in [-0.2, 0) is 0 Å². The summed E-state index contributed by atoms with van der Waals surface area (Å²) in [5.74, 6) is 1.25. The first-order chi connectivity index (χ1) is 8.21. The van der Waals surface area contributed by atoms with Gasteiger partial charge in [-0.05, 0) is 20.0 Å². The number of hydrogen-bond donors (Lipinski definition) is 1. The number of nitrogens with one attached hydrogen (secondary N) is 1. The van der Waals surface area contributed by atoms with Crippen molar-refractivity contribution in [2.24, 2.45) is 0 Å². The van der Waals surface area contributed by atoms with Crippen molar-refractivity contribution in [2.75, 3.05) is 38.6 Å². The highest BCUT2D eigenvalue weighted by atomic mass is 16.5. The predicted octanol–water partition coefficient (Wildman–Crippen LogP) is 1.55. The van der Waals surface area contributed by atoms with E-state index < -0.39 is 0 Å². The molecule has 0 aromatic carbocycles. The van der Waals surface area contributed by atoms with Gasteiger partial charge in [0.15, 0.2) is 0 Å². The highest BCUT2D eigenvalue weighted by Crippen LogP contribution is 2.14. The van der Waals surface area contributed by atoms with Gasteiger partial charge in [0.05, 0.1) is 0 Å². The Labute approximate surface area is 103 Å². The van der Waals surface area contributed by atoms with E-state index in [1.807, 2.05) is 6.92 Å². The summed E-state index contributed by atoms with van der Waals surface area (Å²) in [5.41, 5.74) is 0.962. The summed E-state index contributed by atoms with van der Waals surface area (Å²) in [6.45, 7) is 9.92. The second kappa shape index (κ2) is 7.06. The second-order valence-electron chi connectivity index (χ2n) is 3.81. The van der Waals surface area contributed by atoms with E-state index in [9.17, 15) is 0 Å². The summed E-state index contributed by atoms with van der Waals surface area (Å²) in [4.78, 5) is 10.7. The van der Waals surface area contributed by atoms with E-state index in [4.69, 9.17) is 4.74 Å². The van der Waals surface area contributed by atoms with Crippen LogP contribution in [0.25, 0.3) is 0 Å². The quantitative estimate of drug-likeness (QED) is 0.781. The number of nitrogens with zero attached hydrogens (tertiary/aromatic N) is 3. The number of rotatable bonds is 7. The molecule has 0 fully saturated rings. The van der Waals surface area contributed by atoms with Crippen LogP contribution in [0.4, 0.5) is 5.95 Å². The third-order valence-electron chi connectivity index (χ3n) is 2.69. The molecule has 0 spiro atoms. The number of anilines is 1. The zero-order chi connectivity index (χ0) is 12.7. The van der Waals surface area contributed by atoms with Crippen molar-refractivity contribution in [3.63, 3.8) is 0 Å². The standard InChI is InChI=1S/C12H22N4O/c1-5-16(6-2)7-8-17-11-10(3)9-14-12(13-4)15-11/h9H,5-8H2,1-4H3,(H,13,14,15). The van der Waals surface area contributed by atoms with E-state index >= 15 is 0 Å². The number of ether oxygens (including phenoxy) is 1. The smallest absolute Gasteiger partial charge is 0.225 e. The SMILES string of the molecule is CCN(CC)CCOc1nc(NC)ncc1C. The van der Waals surface area contributed by atoms with Crippen molar-refractivity contribution in [1.29, 1.82) is 0 Å². The molecule has 0 atom stereocenters. The molecule has 96 valence electrons. The number of aromatic nitrogens is 2. The Hall–Kier alpha value is -1.36. The molecule has 5 heteroatoms. The first-order valence-corrected chi connectivity index (χ1v) is 6.07.